The highest BCUT2D eigenvalue weighted by Crippen LogP contribution is 2.24. The van der Waals surface area contributed by atoms with Crippen molar-refractivity contribution < 1.29 is 14.6 Å². The van der Waals surface area contributed by atoms with Crippen LogP contribution in [0.4, 0.5) is 0 Å². The van der Waals surface area contributed by atoms with Gasteiger partial charge in [-0.25, -0.2) is 4.79 Å². The Bertz CT molecular complexity index is 196. The van der Waals surface area contributed by atoms with Crippen LogP contribution in [0, 0.1) is 0 Å². The molecule has 11 heavy (non-hydrogen) atoms. The molecule has 62 valence electrons. The first kappa shape index (κ1) is 8.27. The lowest BCUT2D eigenvalue weighted by atomic mass is 10.2. The van der Waals surface area contributed by atoms with E-state index >= 15 is 0 Å². The summed E-state index contributed by atoms with van der Waals surface area (Å²) in [5, 5.41) is 8.47. The first-order chi connectivity index (χ1) is 5.11. The van der Waals surface area contributed by atoms with Gasteiger partial charge >= 0.3 is 5.97 Å². The zero-order valence-electron chi connectivity index (χ0n) is 6.70. The van der Waals surface area contributed by atoms with Gasteiger partial charge in [-0.3, -0.25) is 0 Å². The van der Waals surface area contributed by atoms with E-state index in [-0.39, 0.29) is 6.10 Å². The third-order valence-corrected chi connectivity index (χ3v) is 1.83. The Balaban J connectivity index is 2.29. The SMILES string of the molecule is C/C(=C\CC1OC1C)C(=O)O. The zero-order chi connectivity index (χ0) is 8.43. The smallest absolute Gasteiger partial charge is 0.330 e. The molecule has 1 N–H and O–H groups in total. The lowest BCUT2D eigenvalue weighted by Gasteiger charge is -1.90. The third kappa shape index (κ3) is 2.35. The van der Waals surface area contributed by atoms with Crippen molar-refractivity contribution in [3.63, 3.8) is 0 Å². The van der Waals surface area contributed by atoms with Crippen LogP contribution >= 0.6 is 0 Å². The van der Waals surface area contributed by atoms with Crippen LogP contribution in [-0.2, 0) is 9.53 Å². The highest BCUT2D eigenvalue weighted by atomic mass is 16.6. The van der Waals surface area contributed by atoms with Gasteiger partial charge in [-0.1, -0.05) is 6.08 Å². The van der Waals surface area contributed by atoms with Gasteiger partial charge in [0.15, 0.2) is 0 Å². The van der Waals surface area contributed by atoms with Gasteiger partial charge in [0.1, 0.15) is 0 Å². The van der Waals surface area contributed by atoms with E-state index in [2.05, 4.69) is 0 Å². The lowest BCUT2D eigenvalue weighted by molar-refractivity contribution is -0.132. The molecule has 1 rings (SSSR count). The van der Waals surface area contributed by atoms with E-state index in [1.54, 1.807) is 13.0 Å². The summed E-state index contributed by atoms with van der Waals surface area (Å²) in [6, 6.07) is 0. The highest BCUT2D eigenvalue weighted by molar-refractivity contribution is 5.85. The van der Waals surface area contributed by atoms with Crippen LogP contribution in [0.25, 0.3) is 0 Å². The molecule has 1 aliphatic heterocycles. The average molecular weight is 156 g/mol. The first-order valence-electron chi connectivity index (χ1n) is 3.66. The summed E-state index contributed by atoms with van der Waals surface area (Å²) < 4.78 is 5.11. The van der Waals surface area contributed by atoms with Crippen molar-refractivity contribution in [2.24, 2.45) is 0 Å². The maximum absolute atomic E-state index is 10.3. The highest BCUT2D eigenvalue weighted by Gasteiger charge is 2.32. The Hall–Kier alpha value is -0.830. The van der Waals surface area contributed by atoms with Crippen molar-refractivity contribution >= 4 is 5.97 Å². The number of ether oxygens (including phenoxy) is 1. The van der Waals surface area contributed by atoms with Crippen LogP contribution in [0.5, 0.6) is 0 Å². The molecular formula is C8H12O3. The molecular weight excluding hydrogens is 144 g/mol. The molecule has 1 saturated heterocycles. The molecule has 0 aromatic carbocycles. The molecule has 0 aromatic heterocycles. The lowest BCUT2D eigenvalue weighted by Crippen LogP contribution is -1.97. The molecule has 0 saturated carbocycles. The summed E-state index contributed by atoms with van der Waals surface area (Å²) >= 11 is 0. The van der Waals surface area contributed by atoms with E-state index in [9.17, 15) is 4.79 Å². The predicted molar refractivity (Wildman–Crippen MR) is 40.3 cm³/mol. The predicted octanol–water partition coefficient (Wildman–Crippen LogP) is 1.19. The molecule has 3 nitrogen and oxygen atoms in total. The van der Waals surface area contributed by atoms with E-state index in [0.717, 1.165) is 6.42 Å². The third-order valence-electron chi connectivity index (χ3n) is 1.83. The van der Waals surface area contributed by atoms with Gasteiger partial charge in [0.05, 0.1) is 12.2 Å². The van der Waals surface area contributed by atoms with Gasteiger partial charge in [0, 0.05) is 5.57 Å². The average Bonchev–Trinajstić information content (AvgIpc) is 2.61. The van der Waals surface area contributed by atoms with Gasteiger partial charge in [0.25, 0.3) is 0 Å². The van der Waals surface area contributed by atoms with E-state index in [1.165, 1.54) is 0 Å². The van der Waals surface area contributed by atoms with Crippen LogP contribution < -0.4 is 0 Å². The Kier molecular flexibility index (Phi) is 2.29. The first-order valence-corrected chi connectivity index (χ1v) is 3.66. The number of aliphatic carboxylic acids is 1. The molecule has 1 heterocycles. The van der Waals surface area contributed by atoms with Crippen LogP contribution in [0.3, 0.4) is 0 Å². The maximum Gasteiger partial charge on any atom is 0.330 e. The standard InChI is InChI=1S/C8H12O3/c1-5(8(9)10)3-4-7-6(2)11-7/h3,6-7H,4H2,1-2H3,(H,9,10)/b5-3+. The quantitative estimate of drug-likeness (QED) is 0.493. The van der Waals surface area contributed by atoms with E-state index in [1.807, 2.05) is 6.92 Å². The normalized spacial score (nSPS) is 30.2. The molecule has 3 heteroatoms. The minimum atomic E-state index is -0.849. The van der Waals surface area contributed by atoms with Crippen LogP contribution in [0.2, 0.25) is 0 Å². The molecule has 0 aromatic rings. The number of rotatable bonds is 3. The number of hydrogen-bond acceptors (Lipinski definition) is 2. The van der Waals surface area contributed by atoms with Gasteiger partial charge in [0.2, 0.25) is 0 Å². The van der Waals surface area contributed by atoms with Crippen molar-refractivity contribution in [3.8, 4) is 0 Å². The zero-order valence-corrected chi connectivity index (χ0v) is 6.70. The van der Waals surface area contributed by atoms with E-state index < -0.39 is 5.97 Å². The topological polar surface area (TPSA) is 49.8 Å². The Morgan fingerprint density at radius 2 is 2.27 bits per heavy atom. The minimum Gasteiger partial charge on any atom is -0.478 e. The molecule has 2 unspecified atom stereocenters. The second kappa shape index (κ2) is 3.05. The number of hydrogen-bond donors (Lipinski definition) is 1. The molecule has 1 fully saturated rings. The molecule has 0 radical (unpaired) electrons. The van der Waals surface area contributed by atoms with E-state index in [0.29, 0.717) is 11.7 Å². The van der Waals surface area contributed by atoms with E-state index in [4.69, 9.17) is 9.84 Å². The monoisotopic (exact) mass is 156 g/mol. The fourth-order valence-electron chi connectivity index (χ4n) is 0.858. The van der Waals surface area contributed by atoms with Crippen LogP contribution in [0.1, 0.15) is 20.3 Å². The summed E-state index contributed by atoms with van der Waals surface area (Å²) in [4.78, 5) is 10.3. The van der Waals surface area contributed by atoms with Crippen molar-refractivity contribution in [1.82, 2.24) is 0 Å². The summed E-state index contributed by atoms with van der Waals surface area (Å²) in [5.74, 6) is -0.849. The number of carboxylic acid groups (broad SMARTS) is 1. The summed E-state index contributed by atoms with van der Waals surface area (Å²) in [5.41, 5.74) is 0.396. The second-order valence-corrected chi connectivity index (χ2v) is 2.81. The Morgan fingerprint density at radius 3 is 2.64 bits per heavy atom. The fraction of sp³-hybridized carbons (Fsp3) is 0.625. The van der Waals surface area contributed by atoms with Crippen LogP contribution in [-0.4, -0.2) is 23.3 Å². The van der Waals surface area contributed by atoms with Crippen LogP contribution in [0.15, 0.2) is 11.6 Å². The summed E-state index contributed by atoms with van der Waals surface area (Å²) in [6.07, 6.45) is 2.99. The molecule has 0 spiro atoms. The molecule has 1 aliphatic rings. The second-order valence-electron chi connectivity index (χ2n) is 2.81. The van der Waals surface area contributed by atoms with Gasteiger partial charge in [-0.05, 0) is 20.3 Å². The van der Waals surface area contributed by atoms with Gasteiger partial charge in [-0.2, -0.15) is 0 Å². The summed E-state index contributed by atoms with van der Waals surface area (Å²) in [7, 11) is 0. The van der Waals surface area contributed by atoms with Gasteiger partial charge < -0.3 is 9.84 Å². The van der Waals surface area contributed by atoms with Crippen molar-refractivity contribution in [1.29, 1.82) is 0 Å². The van der Waals surface area contributed by atoms with Crippen molar-refractivity contribution in [2.75, 3.05) is 0 Å². The maximum atomic E-state index is 10.3. The number of carboxylic acids is 1. The Labute approximate surface area is 65.7 Å². The minimum absolute atomic E-state index is 0.254. The molecule has 0 amide bonds. The van der Waals surface area contributed by atoms with Gasteiger partial charge in [-0.15, -0.1) is 0 Å². The number of epoxide rings is 1. The summed E-state index contributed by atoms with van der Waals surface area (Å²) in [6.45, 7) is 3.57. The fourth-order valence-corrected chi connectivity index (χ4v) is 0.858. The van der Waals surface area contributed by atoms with Crippen molar-refractivity contribution in [3.05, 3.63) is 11.6 Å². The largest absolute Gasteiger partial charge is 0.478 e. The number of carbonyl (C=O) groups is 1. The molecule has 0 aliphatic carbocycles. The Morgan fingerprint density at radius 1 is 1.73 bits per heavy atom. The molecule has 0 bridgehead atoms. The molecule has 2 atom stereocenters. The van der Waals surface area contributed by atoms with Crippen molar-refractivity contribution in [2.45, 2.75) is 32.5 Å².